The molecule has 2 N–H and O–H groups in total. The van der Waals surface area contributed by atoms with E-state index in [-0.39, 0.29) is 17.1 Å². The van der Waals surface area contributed by atoms with Gasteiger partial charge in [0.15, 0.2) is 10.7 Å². The predicted molar refractivity (Wildman–Crippen MR) is 143 cm³/mol. The minimum atomic E-state index is -0.305. The highest BCUT2D eigenvalue weighted by Gasteiger charge is 2.13. The first-order valence-corrected chi connectivity index (χ1v) is 11.6. The van der Waals surface area contributed by atoms with Gasteiger partial charge in [0.1, 0.15) is 11.3 Å². The summed E-state index contributed by atoms with van der Waals surface area (Å²) in [6, 6.07) is 26.5. The van der Waals surface area contributed by atoms with Crippen molar-refractivity contribution in [3.8, 4) is 17.2 Å². The highest BCUT2D eigenvalue weighted by Crippen LogP contribution is 2.30. The Hall–Kier alpha value is -4.23. The van der Waals surface area contributed by atoms with Crippen LogP contribution in [0.3, 0.4) is 0 Å². The molecule has 0 fully saturated rings. The summed E-state index contributed by atoms with van der Waals surface area (Å²) in [5.41, 5.74) is 3.54. The van der Waals surface area contributed by atoms with E-state index in [0.29, 0.717) is 22.9 Å². The highest BCUT2D eigenvalue weighted by atomic mass is 32.1. The molecule has 0 spiro atoms. The molecule has 0 radical (unpaired) electrons. The van der Waals surface area contributed by atoms with Crippen LogP contribution in [0.15, 0.2) is 89.3 Å². The van der Waals surface area contributed by atoms with Crippen LogP contribution >= 0.6 is 12.2 Å². The number of fused-ring (bicyclic) bond motifs is 3. The summed E-state index contributed by atoms with van der Waals surface area (Å²) in [6.45, 7) is 3.90. The monoisotopic (exact) mass is 481 g/mol. The molecule has 0 aliphatic carbocycles. The summed E-state index contributed by atoms with van der Waals surface area (Å²) < 4.78 is 11.6. The van der Waals surface area contributed by atoms with Crippen molar-refractivity contribution in [3.05, 3.63) is 90.5 Å². The third-order valence-electron chi connectivity index (χ3n) is 5.37. The summed E-state index contributed by atoms with van der Waals surface area (Å²) in [4.78, 5) is 17.3. The third kappa shape index (κ3) is 5.00. The van der Waals surface area contributed by atoms with Crippen molar-refractivity contribution in [2.75, 3.05) is 5.32 Å². The van der Waals surface area contributed by atoms with Gasteiger partial charge in [-0.25, -0.2) is 4.98 Å². The zero-order valence-electron chi connectivity index (χ0n) is 19.2. The van der Waals surface area contributed by atoms with Gasteiger partial charge in [-0.15, -0.1) is 0 Å². The van der Waals surface area contributed by atoms with E-state index < -0.39 is 0 Å². The maximum Gasteiger partial charge on any atom is 0.257 e. The van der Waals surface area contributed by atoms with Gasteiger partial charge in [-0.05, 0) is 80.0 Å². The van der Waals surface area contributed by atoms with Gasteiger partial charge in [0.25, 0.3) is 5.91 Å². The number of carbonyl (C=O) groups excluding carboxylic acids is 1. The van der Waals surface area contributed by atoms with Crippen LogP contribution in [-0.2, 0) is 0 Å². The van der Waals surface area contributed by atoms with Crippen molar-refractivity contribution in [2.45, 2.75) is 20.0 Å². The summed E-state index contributed by atoms with van der Waals surface area (Å²) in [5, 5.41) is 8.11. The van der Waals surface area contributed by atoms with Gasteiger partial charge in [-0.1, -0.05) is 36.4 Å². The minimum absolute atomic E-state index is 0.0660. The average Bonchev–Trinajstić information content (AvgIpc) is 3.29. The Bertz CT molecular complexity index is 1540. The maximum atomic E-state index is 12.6. The fourth-order valence-corrected chi connectivity index (χ4v) is 4.02. The number of aromatic nitrogens is 1. The molecule has 0 atom stereocenters. The van der Waals surface area contributed by atoms with E-state index in [2.05, 4.69) is 16.7 Å². The number of nitrogens with zero attached hydrogens (tertiary/aromatic N) is 1. The Labute approximate surface area is 207 Å². The van der Waals surface area contributed by atoms with Crippen molar-refractivity contribution in [3.63, 3.8) is 0 Å². The number of ether oxygens (including phenoxy) is 1. The smallest absolute Gasteiger partial charge is 0.257 e. The molecule has 1 heterocycles. The van der Waals surface area contributed by atoms with E-state index in [0.717, 1.165) is 27.4 Å². The first kappa shape index (κ1) is 22.6. The zero-order valence-corrected chi connectivity index (χ0v) is 20.1. The maximum absolute atomic E-state index is 12.6. The Morgan fingerprint density at radius 3 is 2.57 bits per heavy atom. The summed E-state index contributed by atoms with van der Waals surface area (Å²) >= 11 is 5.35. The molecule has 0 saturated heterocycles. The van der Waals surface area contributed by atoms with Crippen LogP contribution in [0.4, 0.5) is 5.69 Å². The molecule has 7 heteroatoms. The molecule has 0 aliphatic rings. The molecule has 1 amide bonds. The second kappa shape index (κ2) is 9.56. The molecule has 5 aromatic rings. The number of oxazole rings is 1. The van der Waals surface area contributed by atoms with E-state index in [1.54, 1.807) is 24.3 Å². The highest BCUT2D eigenvalue weighted by molar-refractivity contribution is 7.80. The van der Waals surface area contributed by atoms with Crippen LogP contribution in [0.5, 0.6) is 5.75 Å². The number of amides is 1. The lowest BCUT2D eigenvalue weighted by Gasteiger charge is -2.12. The number of hydrogen-bond donors (Lipinski definition) is 2. The number of carbonyl (C=O) groups is 1. The van der Waals surface area contributed by atoms with Crippen molar-refractivity contribution < 1.29 is 13.9 Å². The Kier molecular flexibility index (Phi) is 6.16. The van der Waals surface area contributed by atoms with Crippen molar-refractivity contribution in [1.29, 1.82) is 0 Å². The molecule has 35 heavy (non-hydrogen) atoms. The quantitative estimate of drug-likeness (QED) is 0.277. The average molecular weight is 482 g/mol. The Morgan fingerprint density at radius 1 is 0.971 bits per heavy atom. The van der Waals surface area contributed by atoms with Crippen LogP contribution in [0.25, 0.3) is 33.3 Å². The van der Waals surface area contributed by atoms with Gasteiger partial charge < -0.3 is 14.5 Å². The van der Waals surface area contributed by atoms with Crippen LogP contribution in [-0.4, -0.2) is 22.1 Å². The number of thiocarbonyl (C=S) groups is 1. The standard InChI is InChI=1S/C28H23N3O3S/c1-17(2)33-22-13-10-19(11-14-22)26(32)31-28(35)29-21-8-5-7-20(16-21)27-30-25-23-9-4-3-6-18(23)12-15-24(25)34-27/h3-17H,1-2H3,(H2,29,31,32,35). The lowest BCUT2D eigenvalue weighted by Crippen LogP contribution is -2.34. The van der Waals surface area contributed by atoms with Gasteiger partial charge >= 0.3 is 0 Å². The number of hydrogen-bond acceptors (Lipinski definition) is 5. The fraction of sp³-hybridized carbons (Fsp3) is 0.107. The van der Waals surface area contributed by atoms with Crippen LogP contribution in [0.2, 0.25) is 0 Å². The fourth-order valence-electron chi connectivity index (χ4n) is 3.81. The zero-order chi connectivity index (χ0) is 24.4. The molecular weight excluding hydrogens is 458 g/mol. The molecule has 0 aliphatic heterocycles. The van der Waals surface area contributed by atoms with E-state index in [4.69, 9.17) is 26.4 Å². The van der Waals surface area contributed by atoms with Gasteiger partial charge in [0, 0.05) is 22.2 Å². The second-order valence-electron chi connectivity index (χ2n) is 8.33. The van der Waals surface area contributed by atoms with Gasteiger partial charge in [-0.2, -0.15) is 0 Å². The first-order valence-electron chi connectivity index (χ1n) is 11.2. The molecule has 1 aromatic heterocycles. The summed E-state index contributed by atoms with van der Waals surface area (Å²) in [7, 11) is 0. The summed E-state index contributed by atoms with van der Waals surface area (Å²) in [6.07, 6.45) is 0.0660. The summed E-state index contributed by atoms with van der Waals surface area (Å²) in [5.74, 6) is 0.917. The minimum Gasteiger partial charge on any atom is -0.491 e. The van der Waals surface area contributed by atoms with Crippen molar-refractivity contribution in [1.82, 2.24) is 10.3 Å². The lowest BCUT2D eigenvalue weighted by molar-refractivity contribution is 0.0977. The Morgan fingerprint density at radius 2 is 1.77 bits per heavy atom. The molecule has 0 unspecified atom stereocenters. The lowest BCUT2D eigenvalue weighted by atomic mass is 10.1. The molecule has 0 saturated carbocycles. The van der Waals surface area contributed by atoms with Crippen LogP contribution < -0.4 is 15.4 Å². The molecule has 5 rings (SSSR count). The molecule has 0 bridgehead atoms. The number of rotatable bonds is 5. The Balaban J connectivity index is 1.30. The van der Waals surface area contributed by atoms with Gasteiger partial charge in [-0.3, -0.25) is 10.1 Å². The third-order valence-corrected chi connectivity index (χ3v) is 5.57. The van der Waals surface area contributed by atoms with Gasteiger partial charge in [0.05, 0.1) is 6.10 Å². The first-order chi connectivity index (χ1) is 17.0. The largest absolute Gasteiger partial charge is 0.491 e. The van der Waals surface area contributed by atoms with Gasteiger partial charge in [0.2, 0.25) is 5.89 Å². The van der Waals surface area contributed by atoms with Crippen LogP contribution in [0, 0.1) is 0 Å². The van der Waals surface area contributed by atoms with Crippen LogP contribution in [0.1, 0.15) is 24.2 Å². The normalized spacial score (nSPS) is 11.1. The van der Waals surface area contributed by atoms with Crippen molar-refractivity contribution >= 4 is 50.8 Å². The molecular formula is C28H23N3O3S. The number of nitrogens with one attached hydrogen (secondary N) is 2. The second-order valence-corrected chi connectivity index (χ2v) is 8.74. The predicted octanol–water partition coefficient (Wildman–Crippen LogP) is 6.56. The molecule has 174 valence electrons. The molecule has 4 aromatic carbocycles. The van der Waals surface area contributed by atoms with E-state index in [1.165, 1.54) is 0 Å². The number of anilines is 1. The topological polar surface area (TPSA) is 76.4 Å². The number of benzene rings is 4. The SMILES string of the molecule is CC(C)Oc1ccc(C(=O)NC(=S)Nc2cccc(-c3nc4c(ccc5ccccc54)o3)c2)cc1. The molecule has 6 nitrogen and oxygen atoms in total. The van der Waals surface area contributed by atoms with Crippen molar-refractivity contribution in [2.24, 2.45) is 0 Å². The van der Waals surface area contributed by atoms with E-state index >= 15 is 0 Å². The van der Waals surface area contributed by atoms with E-state index in [1.807, 2.05) is 68.4 Å². The van der Waals surface area contributed by atoms with E-state index in [9.17, 15) is 4.79 Å².